The third-order valence-corrected chi connectivity index (χ3v) is 6.38. The molecule has 1 aromatic carbocycles. The first-order valence-corrected chi connectivity index (χ1v) is 10.0. The lowest BCUT2D eigenvalue weighted by atomic mass is 10.0. The van der Waals surface area contributed by atoms with Gasteiger partial charge in [0.05, 0.1) is 10.9 Å². The predicted molar refractivity (Wildman–Crippen MR) is 90.7 cm³/mol. The van der Waals surface area contributed by atoms with E-state index in [0.29, 0.717) is 32.5 Å². The molecule has 7 nitrogen and oxygen atoms in total. The summed E-state index contributed by atoms with van der Waals surface area (Å²) >= 11 is 0. The van der Waals surface area contributed by atoms with Crippen LogP contribution in [0.25, 0.3) is 0 Å². The summed E-state index contributed by atoms with van der Waals surface area (Å²) in [5, 5.41) is 0. The first-order chi connectivity index (χ1) is 11.9. The molecule has 8 heteroatoms. The van der Waals surface area contributed by atoms with Gasteiger partial charge in [-0.25, -0.2) is 13.2 Å². The first-order valence-electron chi connectivity index (χ1n) is 8.39. The second kappa shape index (κ2) is 7.03. The van der Waals surface area contributed by atoms with E-state index in [-0.39, 0.29) is 29.0 Å². The highest BCUT2D eigenvalue weighted by molar-refractivity contribution is 7.92. The van der Waals surface area contributed by atoms with Crippen molar-refractivity contribution >= 4 is 21.8 Å². The van der Waals surface area contributed by atoms with Gasteiger partial charge >= 0.3 is 6.09 Å². The molecule has 0 aromatic heterocycles. The van der Waals surface area contributed by atoms with E-state index in [1.54, 1.807) is 28.0 Å². The summed E-state index contributed by atoms with van der Waals surface area (Å²) in [5.41, 5.74) is 0. The van der Waals surface area contributed by atoms with Crippen molar-refractivity contribution in [1.82, 2.24) is 9.80 Å². The predicted octanol–water partition coefficient (Wildman–Crippen LogP) is 1.29. The van der Waals surface area contributed by atoms with Crippen LogP contribution in [0.5, 0.6) is 0 Å². The van der Waals surface area contributed by atoms with Crippen LogP contribution >= 0.6 is 0 Å². The van der Waals surface area contributed by atoms with Gasteiger partial charge in [0.1, 0.15) is 12.4 Å². The van der Waals surface area contributed by atoms with Gasteiger partial charge in [-0.2, -0.15) is 0 Å². The maximum Gasteiger partial charge on any atom is 0.410 e. The average Bonchev–Trinajstić information content (AvgIpc) is 2.94. The van der Waals surface area contributed by atoms with Crippen molar-refractivity contribution in [3.63, 3.8) is 0 Å². The minimum Gasteiger partial charge on any atom is -0.447 e. The maximum atomic E-state index is 12.4. The second-order valence-corrected chi connectivity index (χ2v) is 8.51. The fraction of sp³-hybridized carbons (Fsp3) is 0.529. The zero-order chi connectivity index (χ0) is 18.0. The van der Waals surface area contributed by atoms with Crippen molar-refractivity contribution in [1.29, 1.82) is 0 Å². The van der Waals surface area contributed by atoms with E-state index in [1.807, 2.05) is 6.92 Å². The molecule has 136 valence electrons. The van der Waals surface area contributed by atoms with E-state index in [1.165, 1.54) is 12.1 Å². The van der Waals surface area contributed by atoms with Gasteiger partial charge in [-0.15, -0.1) is 0 Å². The Morgan fingerprint density at radius 1 is 1.20 bits per heavy atom. The van der Waals surface area contributed by atoms with Gasteiger partial charge in [-0.1, -0.05) is 18.2 Å². The number of carbonyl (C=O) groups excluding carboxylic acids is 2. The van der Waals surface area contributed by atoms with Crippen LogP contribution in [0.1, 0.15) is 19.8 Å². The lowest BCUT2D eigenvalue weighted by molar-refractivity contribution is -0.129. The number of carbonyl (C=O) groups is 2. The number of ether oxygens (including phenoxy) is 1. The van der Waals surface area contributed by atoms with Gasteiger partial charge in [0.15, 0.2) is 9.84 Å². The third kappa shape index (κ3) is 3.78. The summed E-state index contributed by atoms with van der Waals surface area (Å²) < 4.78 is 29.7. The number of sulfone groups is 1. The molecule has 0 spiro atoms. The van der Waals surface area contributed by atoms with Crippen molar-refractivity contribution in [2.24, 2.45) is 0 Å². The number of cyclic esters (lactones) is 1. The van der Waals surface area contributed by atoms with Gasteiger partial charge in [0, 0.05) is 19.1 Å². The van der Waals surface area contributed by atoms with Crippen molar-refractivity contribution in [2.75, 3.05) is 25.4 Å². The molecule has 0 bridgehead atoms. The average molecular weight is 366 g/mol. The summed E-state index contributed by atoms with van der Waals surface area (Å²) in [6.45, 7) is 3.23. The van der Waals surface area contributed by atoms with E-state index in [9.17, 15) is 18.0 Å². The normalized spacial score (nSPS) is 22.1. The molecule has 1 atom stereocenters. The van der Waals surface area contributed by atoms with E-state index in [2.05, 4.69) is 0 Å². The molecular weight excluding hydrogens is 344 g/mol. The lowest BCUT2D eigenvalue weighted by Crippen LogP contribution is -2.50. The zero-order valence-electron chi connectivity index (χ0n) is 14.1. The fourth-order valence-corrected chi connectivity index (χ4v) is 4.64. The highest BCUT2D eigenvalue weighted by Gasteiger charge is 2.38. The molecule has 2 amide bonds. The monoisotopic (exact) mass is 366 g/mol. The van der Waals surface area contributed by atoms with Gasteiger partial charge in [-0.05, 0) is 31.9 Å². The molecule has 2 fully saturated rings. The van der Waals surface area contributed by atoms with Crippen LogP contribution in [0, 0.1) is 0 Å². The van der Waals surface area contributed by atoms with Crippen molar-refractivity contribution < 1.29 is 22.7 Å². The SMILES string of the molecule is CC1COC(=O)N1C1CCN(C(=O)CS(=O)(=O)c2ccccc2)CC1. The number of hydrogen-bond acceptors (Lipinski definition) is 5. The van der Waals surface area contributed by atoms with Gasteiger partial charge in [0.2, 0.25) is 5.91 Å². The number of nitrogens with zero attached hydrogens (tertiary/aromatic N) is 2. The summed E-state index contributed by atoms with van der Waals surface area (Å²) in [6, 6.07) is 8.08. The molecule has 3 rings (SSSR count). The minimum atomic E-state index is -3.63. The number of piperidine rings is 1. The van der Waals surface area contributed by atoms with E-state index < -0.39 is 15.6 Å². The fourth-order valence-electron chi connectivity index (χ4n) is 3.39. The number of hydrogen-bond donors (Lipinski definition) is 0. The van der Waals surface area contributed by atoms with Crippen LogP contribution in [0.2, 0.25) is 0 Å². The van der Waals surface area contributed by atoms with Crippen LogP contribution in [-0.4, -0.2) is 67.8 Å². The molecule has 2 aliphatic heterocycles. The van der Waals surface area contributed by atoms with Crippen molar-refractivity contribution in [3.8, 4) is 0 Å². The highest BCUT2D eigenvalue weighted by Crippen LogP contribution is 2.24. The molecule has 2 aliphatic rings. The first kappa shape index (κ1) is 17.7. The summed E-state index contributed by atoms with van der Waals surface area (Å²) in [5.74, 6) is -0.913. The third-order valence-electron chi connectivity index (χ3n) is 4.76. The quantitative estimate of drug-likeness (QED) is 0.802. The topological polar surface area (TPSA) is 84.0 Å². The minimum absolute atomic E-state index is 0.0400. The molecule has 0 aliphatic carbocycles. The Morgan fingerprint density at radius 2 is 1.84 bits per heavy atom. The van der Waals surface area contributed by atoms with E-state index in [4.69, 9.17) is 4.74 Å². The van der Waals surface area contributed by atoms with Crippen LogP contribution in [0.4, 0.5) is 4.79 Å². The molecule has 0 N–H and O–H groups in total. The molecule has 0 saturated carbocycles. The van der Waals surface area contributed by atoms with Crippen LogP contribution in [0.15, 0.2) is 35.2 Å². The Labute approximate surface area is 147 Å². The highest BCUT2D eigenvalue weighted by atomic mass is 32.2. The second-order valence-electron chi connectivity index (χ2n) is 6.52. The van der Waals surface area contributed by atoms with Gasteiger partial charge in [0.25, 0.3) is 0 Å². The molecule has 2 saturated heterocycles. The molecule has 25 heavy (non-hydrogen) atoms. The number of benzene rings is 1. The van der Waals surface area contributed by atoms with Gasteiger partial charge < -0.3 is 9.64 Å². The molecule has 1 aromatic rings. The smallest absolute Gasteiger partial charge is 0.410 e. The standard InChI is InChI=1S/C17H22N2O5S/c1-13-11-24-17(21)19(13)14-7-9-18(10-8-14)16(20)12-25(22,23)15-5-3-2-4-6-15/h2-6,13-14H,7-12H2,1H3. The van der Waals surface area contributed by atoms with E-state index in [0.717, 1.165) is 0 Å². The summed E-state index contributed by atoms with van der Waals surface area (Å²) in [6.07, 6.45) is 0.969. The van der Waals surface area contributed by atoms with Crippen molar-refractivity contribution in [3.05, 3.63) is 30.3 Å². The molecular formula is C17H22N2O5S. The Morgan fingerprint density at radius 3 is 2.40 bits per heavy atom. The zero-order valence-corrected chi connectivity index (χ0v) is 14.9. The lowest BCUT2D eigenvalue weighted by Gasteiger charge is -2.37. The summed E-state index contributed by atoms with van der Waals surface area (Å²) in [7, 11) is -3.63. The Bertz CT molecular complexity index is 742. The van der Waals surface area contributed by atoms with Crippen LogP contribution in [0.3, 0.4) is 0 Å². The number of likely N-dealkylation sites (tertiary alicyclic amines) is 1. The number of amides is 2. The summed E-state index contributed by atoms with van der Waals surface area (Å²) in [4.78, 5) is 27.6. The van der Waals surface area contributed by atoms with Crippen LogP contribution < -0.4 is 0 Å². The Hall–Kier alpha value is -2.09. The molecule has 0 radical (unpaired) electrons. The largest absolute Gasteiger partial charge is 0.447 e. The van der Waals surface area contributed by atoms with Gasteiger partial charge in [-0.3, -0.25) is 9.69 Å². The maximum absolute atomic E-state index is 12.4. The van der Waals surface area contributed by atoms with E-state index >= 15 is 0 Å². The molecule has 2 heterocycles. The van der Waals surface area contributed by atoms with Crippen molar-refractivity contribution in [2.45, 2.75) is 36.7 Å². The Kier molecular flexibility index (Phi) is 4.99. The van der Waals surface area contributed by atoms with Crippen LogP contribution in [-0.2, 0) is 19.4 Å². The molecule has 1 unspecified atom stereocenters. The number of rotatable bonds is 4. The Balaban J connectivity index is 1.58.